The van der Waals surface area contributed by atoms with Crippen molar-refractivity contribution in [2.75, 3.05) is 43.8 Å². The van der Waals surface area contributed by atoms with Gasteiger partial charge in [0.25, 0.3) is 5.91 Å². The number of nitrogens with zero attached hydrogens (tertiary/aromatic N) is 1. The third-order valence-corrected chi connectivity index (χ3v) is 7.06. The van der Waals surface area contributed by atoms with Crippen LogP contribution in [0.4, 0.5) is 5.69 Å². The van der Waals surface area contributed by atoms with E-state index in [-0.39, 0.29) is 11.4 Å². The van der Waals surface area contributed by atoms with E-state index in [1.807, 2.05) is 24.3 Å². The molecule has 2 fully saturated rings. The van der Waals surface area contributed by atoms with Crippen molar-refractivity contribution in [2.45, 2.75) is 37.6 Å². The van der Waals surface area contributed by atoms with Gasteiger partial charge in [0.1, 0.15) is 0 Å². The van der Waals surface area contributed by atoms with Gasteiger partial charge in [-0.2, -0.15) is 0 Å². The van der Waals surface area contributed by atoms with E-state index in [0.29, 0.717) is 17.8 Å². The van der Waals surface area contributed by atoms with Gasteiger partial charge in [-0.05, 0) is 35.7 Å². The Morgan fingerprint density at radius 3 is 2.35 bits per heavy atom. The van der Waals surface area contributed by atoms with Crippen molar-refractivity contribution in [1.29, 1.82) is 0 Å². The van der Waals surface area contributed by atoms with Crippen LogP contribution in [0.3, 0.4) is 0 Å². The van der Waals surface area contributed by atoms with E-state index in [1.54, 1.807) is 12.1 Å². The Kier molecular flexibility index (Phi) is 6.50. The zero-order valence-electron chi connectivity index (χ0n) is 18.0. The molecule has 168 valence electrons. The SMILES string of the molecule is CS(=O)(=O)Nc1cc2ccccc2cc1C(=O)NCC1(N2CCOCC2)CCCCC1. The molecule has 2 N–H and O–H groups in total. The van der Waals surface area contributed by atoms with Crippen molar-refractivity contribution in [3.63, 3.8) is 0 Å². The van der Waals surface area contributed by atoms with Gasteiger partial charge in [0, 0.05) is 25.2 Å². The maximum absolute atomic E-state index is 13.3. The molecule has 1 heterocycles. The first kappa shape index (κ1) is 22.0. The highest BCUT2D eigenvalue weighted by Gasteiger charge is 2.39. The summed E-state index contributed by atoms with van der Waals surface area (Å²) in [5, 5.41) is 4.91. The zero-order chi connectivity index (χ0) is 21.9. The molecule has 7 nitrogen and oxygen atoms in total. The molecule has 4 rings (SSSR count). The van der Waals surface area contributed by atoms with Gasteiger partial charge in [-0.25, -0.2) is 8.42 Å². The third kappa shape index (κ3) is 5.19. The fourth-order valence-corrected chi connectivity index (χ4v) is 5.47. The van der Waals surface area contributed by atoms with Crippen molar-refractivity contribution < 1.29 is 17.9 Å². The second kappa shape index (κ2) is 9.14. The van der Waals surface area contributed by atoms with Gasteiger partial charge in [-0.3, -0.25) is 14.4 Å². The summed E-state index contributed by atoms with van der Waals surface area (Å²) in [5.41, 5.74) is 0.596. The average Bonchev–Trinajstić information content (AvgIpc) is 2.77. The minimum absolute atomic E-state index is 0.0566. The van der Waals surface area contributed by atoms with E-state index in [2.05, 4.69) is 14.9 Å². The van der Waals surface area contributed by atoms with Gasteiger partial charge in [0.15, 0.2) is 0 Å². The topological polar surface area (TPSA) is 87.7 Å². The smallest absolute Gasteiger partial charge is 0.253 e. The lowest BCUT2D eigenvalue weighted by Gasteiger charge is -2.48. The first-order valence-corrected chi connectivity index (χ1v) is 12.9. The maximum atomic E-state index is 13.3. The number of hydrogen-bond acceptors (Lipinski definition) is 5. The van der Waals surface area contributed by atoms with Crippen LogP contribution in [0, 0.1) is 0 Å². The van der Waals surface area contributed by atoms with E-state index >= 15 is 0 Å². The Hall–Kier alpha value is -2.16. The molecule has 1 saturated carbocycles. The van der Waals surface area contributed by atoms with Gasteiger partial charge in [-0.1, -0.05) is 43.5 Å². The number of hydrogen-bond donors (Lipinski definition) is 2. The lowest BCUT2D eigenvalue weighted by atomic mass is 9.79. The molecule has 2 aromatic carbocycles. The number of carbonyl (C=O) groups is 1. The van der Waals surface area contributed by atoms with Gasteiger partial charge in [0.05, 0.1) is 30.7 Å². The van der Waals surface area contributed by atoms with Crippen molar-refractivity contribution in [1.82, 2.24) is 10.2 Å². The Bertz CT molecular complexity index is 1040. The summed E-state index contributed by atoms with van der Waals surface area (Å²) in [6, 6.07) is 11.1. The zero-order valence-corrected chi connectivity index (χ0v) is 18.8. The Balaban J connectivity index is 1.60. The van der Waals surface area contributed by atoms with Gasteiger partial charge in [-0.15, -0.1) is 0 Å². The Labute approximate surface area is 184 Å². The molecule has 2 aromatic rings. The Morgan fingerprint density at radius 1 is 1.06 bits per heavy atom. The van der Waals surface area contributed by atoms with Gasteiger partial charge >= 0.3 is 0 Å². The molecule has 1 aliphatic heterocycles. The molecule has 0 aromatic heterocycles. The average molecular weight is 446 g/mol. The van der Waals surface area contributed by atoms with E-state index < -0.39 is 10.0 Å². The number of nitrogens with one attached hydrogen (secondary N) is 2. The Morgan fingerprint density at radius 2 is 1.71 bits per heavy atom. The molecule has 31 heavy (non-hydrogen) atoms. The molecule has 1 amide bonds. The van der Waals surface area contributed by atoms with Gasteiger partial charge < -0.3 is 10.1 Å². The van der Waals surface area contributed by atoms with E-state index in [4.69, 9.17) is 4.74 Å². The minimum atomic E-state index is -3.52. The minimum Gasteiger partial charge on any atom is -0.379 e. The van der Waals surface area contributed by atoms with Crippen LogP contribution < -0.4 is 10.0 Å². The molecular weight excluding hydrogens is 414 g/mol. The highest BCUT2D eigenvalue weighted by molar-refractivity contribution is 7.92. The van der Waals surface area contributed by atoms with Crippen molar-refractivity contribution in [3.8, 4) is 0 Å². The monoisotopic (exact) mass is 445 g/mol. The number of ether oxygens (including phenoxy) is 1. The van der Waals surface area contributed by atoms with Gasteiger partial charge in [0.2, 0.25) is 10.0 Å². The van der Waals surface area contributed by atoms with Crippen molar-refractivity contribution in [3.05, 3.63) is 42.0 Å². The van der Waals surface area contributed by atoms with Crippen LogP contribution in [-0.4, -0.2) is 63.9 Å². The van der Waals surface area contributed by atoms with Crippen LogP contribution in [0.15, 0.2) is 36.4 Å². The molecule has 8 heteroatoms. The molecule has 0 atom stereocenters. The summed E-state index contributed by atoms with van der Waals surface area (Å²) in [7, 11) is -3.52. The summed E-state index contributed by atoms with van der Waals surface area (Å²) < 4.78 is 31.9. The van der Waals surface area contributed by atoms with E-state index in [1.165, 1.54) is 6.42 Å². The number of morpholine rings is 1. The number of anilines is 1. The highest BCUT2D eigenvalue weighted by atomic mass is 32.2. The molecule has 2 aliphatic rings. The van der Waals surface area contributed by atoms with Crippen LogP contribution in [0.5, 0.6) is 0 Å². The summed E-state index contributed by atoms with van der Waals surface area (Å²) in [4.78, 5) is 15.8. The maximum Gasteiger partial charge on any atom is 0.253 e. The summed E-state index contributed by atoms with van der Waals surface area (Å²) in [5.74, 6) is -0.255. The number of sulfonamides is 1. The van der Waals surface area contributed by atoms with Crippen LogP contribution >= 0.6 is 0 Å². The molecule has 0 unspecified atom stereocenters. The number of benzene rings is 2. The molecular formula is C23H31N3O4S. The van der Waals surface area contributed by atoms with Crippen molar-refractivity contribution >= 4 is 32.4 Å². The van der Waals surface area contributed by atoms with Crippen LogP contribution in [0.2, 0.25) is 0 Å². The lowest BCUT2D eigenvalue weighted by Crippen LogP contribution is -2.59. The molecule has 0 spiro atoms. The molecule has 0 bridgehead atoms. The predicted octanol–water partition coefficient (Wildman–Crippen LogP) is 2.98. The first-order chi connectivity index (χ1) is 14.9. The van der Waals surface area contributed by atoms with Crippen LogP contribution in [0.1, 0.15) is 42.5 Å². The summed E-state index contributed by atoms with van der Waals surface area (Å²) in [6.45, 7) is 3.77. The number of amides is 1. The fraction of sp³-hybridized carbons (Fsp3) is 0.522. The largest absolute Gasteiger partial charge is 0.379 e. The summed E-state index contributed by atoms with van der Waals surface area (Å²) in [6.07, 6.45) is 6.75. The number of rotatable bonds is 6. The lowest BCUT2D eigenvalue weighted by molar-refractivity contribution is -0.0361. The van der Waals surface area contributed by atoms with E-state index in [0.717, 1.165) is 69.0 Å². The second-order valence-electron chi connectivity index (χ2n) is 8.69. The number of carbonyl (C=O) groups excluding carboxylic acids is 1. The predicted molar refractivity (Wildman–Crippen MR) is 123 cm³/mol. The van der Waals surface area contributed by atoms with E-state index in [9.17, 15) is 13.2 Å². The summed E-state index contributed by atoms with van der Waals surface area (Å²) >= 11 is 0. The van der Waals surface area contributed by atoms with Crippen molar-refractivity contribution in [2.24, 2.45) is 0 Å². The molecule has 0 radical (unpaired) electrons. The quantitative estimate of drug-likeness (QED) is 0.714. The normalized spacial score (nSPS) is 19.8. The second-order valence-corrected chi connectivity index (χ2v) is 10.4. The van der Waals surface area contributed by atoms with Crippen LogP contribution in [-0.2, 0) is 14.8 Å². The van der Waals surface area contributed by atoms with Crippen LogP contribution in [0.25, 0.3) is 10.8 Å². The first-order valence-electron chi connectivity index (χ1n) is 11.0. The fourth-order valence-electron chi connectivity index (χ4n) is 4.90. The number of fused-ring (bicyclic) bond motifs is 1. The third-order valence-electron chi connectivity index (χ3n) is 6.47. The molecule has 1 aliphatic carbocycles. The standard InChI is InChI=1S/C23H31N3O4S/c1-31(28,29)25-21-16-19-8-4-3-7-18(19)15-20(21)22(27)24-17-23(9-5-2-6-10-23)26-11-13-30-14-12-26/h3-4,7-8,15-16,25H,2,5-6,9-14,17H2,1H3,(H,24,27). The highest BCUT2D eigenvalue weighted by Crippen LogP contribution is 2.34. The molecule has 1 saturated heterocycles.